The van der Waals surface area contributed by atoms with Crippen LogP contribution in [-0.4, -0.2) is 16.1 Å². The lowest BCUT2D eigenvalue weighted by Gasteiger charge is -2.14. The maximum Gasteiger partial charge on any atom is 0.271 e. The van der Waals surface area contributed by atoms with Crippen molar-refractivity contribution in [3.05, 3.63) is 82.2 Å². The van der Waals surface area contributed by atoms with Crippen LogP contribution in [0.25, 0.3) is 6.08 Å². The van der Waals surface area contributed by atoms with Gasteiger partial charge in [-0.15, -0.1) is 11.3 Å². The predicted octanol–water partition coefficient (Wildman–Crippen LogP) is 5.26. The minimum absolute atomic E-state index is 0.0721. The molecule has 4 rings (SSSR count). The molecule has 3 aromatic rings. The second-order valence-electron chi connectivity index (χ2n) is 5.66. The van der Waals surface area contributed by atoms with Gasteiger partial charge in [0, 0.05) is 5.38 Å². The third kappa shape index (κ3) is 3.47. The molecule has 1 amide bonds. The number of hydrogen-bond acceptors (Lipinski definition) is 5. The molecule has 2 aromatic carbocycles. The molecule has 0 N–H and O–H groups in total. The fourth-order valence-corrected chi connectivity index (χ4v) is 4.23. The Morgan fingerprint density at radius 1 is 1.04 bits per heavy atom. The van der Waals surface area contributed by atoms with Crippen molar-refractivity contribution in [2.75, 3.05) is 4.90 Å². The smallest absolute Gasteiger partial charge is 0.268 e. The lowest BCUT2D eigenvalue weighted by atomic mass is 10.2. The summed E-state index contributed by atoms with van der Waals surface area (Å²) in [6.07, 6.45) is 1.90. The van der Waals surface area contributed by atoms with E-state index in [0.29, 0.717) is 15.2 Å². The number of thiazole rings is 1. The third-order valence-corrected chi connectivity index (χ3v) is 5.54. The van der Waals surface area contributed by atoms with E-state index in [1.165, 1.54) is 23.1 Å². The molecule has 1 aromatic heterocycles. The first-order chi connectivity index (χ1) is 12.7. The van der Waals surface area contributed by atoms with Crippen LogP contribution in [0, 0.1) is 6.92 Å². The van der Waals surface area contributed by atoms with Gasteiger partial charge in [-0.1, -0.05) is 48.5 Å². The number of aliphatic imine (C=N–C) groups is 1. The summed E-state index contributed by atoms with van der Waals surface area (Å²) < 4.78 is 0. The van der Waals surface area contributed by atoms with Crippen LogP contribution >= 0.6 is 23.1 Å². The highest BCUT2D eigenvalue weighted by molar-refractivity contribution is 8.19. The Hall–Kier alpha value is -2.70. The summed E-state index contributed by atoms with van der Waals surface area (Å²) >= 11 is 2.85. The van der Waals surface area contributed by atoms with Gasteiger partial charge in [0.2, 0.25) is 5.13 Å². The lowest BCUT2D eigenvalue weighted by Crippen LogP contribution is -2.28. The highest BCUT2D eigenvalue weighted by atomic mass is 32.2. The number of anilines is 1. The van der Waals surface area contributed by atoms with Crippen LogP contribution < -0.4 is 4.90 Å². The highest BCUT2D eigenvalue weighted by Crippen LogP contribution is 2.37. The fraction of sp³-hybridized carbons (Fsp3) is 0.0500. The molecular formula is C20H15N3OS2. The number of para-hydroxylation sites is 1. The molecule has 0 atom stereocenters. The van der Waals surface area contributed by atoms with Gasteiger partial charge >= 0.3 is 0 Å². The van der Waals surface area contributed by atoms with Gasteiger partial charge in [-0.3, -0.25) is 9.69 Å². The van der Waals surface area contributed by atoms with Crippen LogP contribution in [0.15, 0.2) is 75.9 Å². The Balaban J connectivity index is 1.77. The van der Waals surface area contributed by atoms with Gasteiger partial charge in [0.15, 0.2) is 5.17 Å². The monoisotopic (exact) mass is 377 g/mol. The number of rotatable bonds is 3. The number of carbonyl (C=O) groups is 1. The van der Waals surface area contributed by atoms with Gasteiger partial charge in [0.1, 0.15) is 0 Å². The SMILES string of the molecule is Cc1csc(/N=C2/S/C(=C\c3ccccc3)C(=O)N2c2ccccc2)n1. The standard InChI is InChI=1S/C20H15N3OS2/c1-14-13-25-19(21-14)22-20-23(16-10-6-3-7-11-16)18(24)17(26-20)12-15-8-4-2-5-9-15/h2-13H,1H3/b17-12-,22-20+. The number of nitrogens with zero attached hydrogens (tertiary/aromatic N) is 3. The molecule has 26 heavy (non-hydrogen) atoms. The van der Waals surface area contributed by atoms with E-state index in [2.05, 4.69) is 9.98 Å². The molecule has 128 valence electrons. The number of aromatic nitrogens is 1. The van der Waals surface area contributed by atoms with Crippen LogP contribution in [-0.2, 0) is 4.79 Å². The number of aryl methyl sites for hydroxylation is 1. The average molecular weight is 377 g/mol. The van der Waals surface area contributed by atoms with Gasteiger partial charge in [-0.05, 0) is 42.5 Å². The van der Waals surface area contributed by atoms with Gasteiger partial charge in [0.25, 0.3) is 5.91 Å². The maximum atomic E-state index is 13.1. The van der Waals surface area contributed by atoms with E-state index in [-0.39, 0.29) is 5.91 Å². The van der Waals surface area contributed by atoms with Crippen molar-refractivity contribution in [2.45, 2.75) is 6.92 Å². The zero-order valence-corrected chi connectivity index (χ0v) is 15.6. The molecular weight excluding hydrogens is 362 g/mol. The van der Waals surface area contributed by atoms with E-state index < -0.39 is 0 Å². The van der Waals surface area contributed by atoms with Gasteiger partial charge in [-0.25, -0.2) is 4.98 Å². The number of thioether (sulfide) groups is 1. The van der Waals surface area contributed by atoms with Crippen LogP contribution in [0.2, 0.25) is 0 Å². The third-order valence-electron chi connectivity index (χ3n) is 3.72. The molecule has 0 saturated carbocycles. The summed E-state index contributed by atoms with van der Waals surface area (Å²) in [6.45, 7) is 1.93. The number of amides is 1. The second-order valence-corrected chi connectivity index (χ2v) is 7.51. The van der Waals surface area contributed by atoms with Gasteiger partial charge in [-0.2, -0.15) is 4.99 Å². The van der Waals surface area contributed by atoms with Crippen molar-refractivity contribution in [2.24, 2.45) is 4.99 Å². The molecule has 1 saturated heterocycles. The Labute approximate surface area is 159 Å². The summed E-state index contributed by atoms with van der Waals surface area (Å²) in [6, 6.07) is 19.4. The molecule has 1 fully saturated rings. The van der Waals surface area contributed by atoms with E-state index in [4.69, 9.17) is 0 Å². The molecule has 2 heterocycles. The van der Waals surface area contributed by atoms with Crippen molar-refractivity contribution in [3.63, 3.8) is 0 Å². The molecule has 0 bridgehead atoms. The number of hydrogen-bond donors (Lipinski definition) is 0. The predicted molar refractivity (Wildman–Crippen MR) is 110 cm³/mol. The van der Waals surface area contributed by atoms with Gasteiger partial charge < -0.3 is 0 Å². The largest absolute Gasteiger partial charge is 0.271 e. The number of amidine groups is 1. The van der Waals surface area contributed by atoms with Crippen LogP contribution in [0.5, 0.6) is 0 Å². The lowest BCUT2D eigenvalue weighted by molar-refractivity contribution is -0.113. The van der Waals surface area contributed by atoms with Crippen molar-refractivity contribution in [1.29, 1.82) is 0 Å². The van der Waals surface area contributed by atoms with E-state index >= 15 is 0 Å². The Bertz CT molecular complexity index is 994. The van der Waals surface area contributed by atoms with Crippen LogP contribution in [0.3, 0.4) is 0 Å². The van der Waals surface area contributed by atoms with E-state index in [9.17, 15) is 4.79 Å². The quantitative estimate of drug-likeness (QED) is 0.585. The molecule has 0 radical (unpaired) electrons. The maximum absolute atomic E-state index is 13.1. The summed E-state index contributed by atoms with van der Waals surface area (Å²) in [7, 11) is 0. The molecule has 1 aliphatic heterocycles. The highest BCUT2D eigenvalue weighted by Gasteiger charge is 2.34. The first kappa shape index (κ1) is 16.8. The number of benzene rings is 2. The average Bonchev–Trinajstić information content (AvgIpc) is 3.20. The second kappa shape index (κ2) is 7.27. The Kier molecular flexibility index (Phi) is 4.69. The number of carbonyl (C=O) groups excluding carboxylic acids is 1. The fourth-order valence-electron chi connectivity index (χ4n) is 2.53. The normalized spacial score (nSPS) is 17.4. The molecule has 6 heteroatoms. The minimum Gasteiger partial charge on any atom is -0.268 e. The summed E-state index contributed by atoms with van der Waals surface area (Å²) in [5, 5.41) is 3.23. The molecule has 0 spiro atoms. The molecule has 1 aliphatic rings. The van der Waals surface area contributed by atoms with Gasteiger partial charge in [0.05, 0.1) is 16.3 Å². The van der Waals surface area contributed by atoms with Crippen LogP contribution in [0.1, 0.15) is 11.3 Å². The van der Waals surface area contributed by atoms with Crippen molar-refractivity contribution < 1.29 is 4.79 Å². The summed E-state index contributed by atoms with van der Waals surface area (Å²) in [5.74, 6) is -0.0721. The van der Waals surface area contributed by atoms with E-state index in [1.54, 1.807) is 4.90 Å². The summed E-state index contributed by atoms with van der Waals surface area (Å²) in [5.41, 5.74) is 2.71. The van der Waals surface area contributed by atoms with E-state index in [0.717, 1.165) is 16.9 Å². The van der Waals surface area contributed by atoms with E-state index in [1.807, 2.05) is 79.0 Å². The van der Waals surface area contributed by atoms with Crippen LogP contribution in [0.4, 0.5) is 10.8 Å². The molecule has 4 nitrogen and oxygen atoms in total. The van der Waals surface area contributed by atoms with Crippen molar-refractivity contribution >= 4 is 51.1 Å². The van der Waals surface area contributed by atoms with Crippen molar-refractivity contribution in [3.8, 4) is 0 Å². The first-order valence-corrected chi connectivity index (χ1v) is 9.75. The zero-order valence-electron chi connectivity index (χ0n) is 14.0. The summed E-state index contributed by atoms with van der Waals surface area (Å²) in [4.78, 5) is 24.4. The van der Waals surface area contributed by atoms with Crippen molar-refractivity contribution in [1.82, 2.24) is 4.98 Å². The molecule has 0 aliphatic carbocycles. The Morgan fingerprint density at radius 3 is 2.38 bits per heavy atom. The Morgan fingerprint density at radius 2 is 1.73 bits per heavy atom. The first-order valence-electron chi connectivity index (χ1n) is 8.05. The topological polar surface area (TPSA) is 45.6 Å². The molecule has 0 unspecified atom stereocenters. The minimum atomic E-state index is -0.0721. The zero-order chi connectivity index (χ0) is 17.9.